The van der Waals surface area contributed by atoms with Crippen molar-refractivity contribution in [2.24, 2.45) is 4.99 Å². The lowest BCUT2D eigenvalue weighted by molar-refractivity contribution is -0.127. The molecule has 1 unspecified atom stereocenters. The number of carbonyl (C=O) groups is 3. The number of aliphatic imine (C=N–C) groups is 1. The van der Waals surface area contributed by atoms with Gasteiger partial charge in [0.1, 0.15) is 11.0 Å². The first-order chi connectivity index (χ1) is 16.0. The Hall–Kier alpha value is -3.59. The molecule has 1 aliphatic rings. The van der Waals surface area contributed by atoms with E-state index in [9.17, 15) is 14.4 Å². The minimum atomic E-state index is -0.642. The summed E-state index contributed by atoms with van der Waals surface area (Å²) in [5.41, 5.74) is 1.24. The summed E-state index contributed by atoms with van der Waals surface area (Å²) < 4.78 is 10.2. The lowest BCUT2D eigenvalue weighted by Gasteiger charge is -2.14. The normalized spacial score (nSPS) is 16.5. The van der Waals surface area contributed by atoms with Crippen LogP contribution in [0.3, 0.4) is 0 Å². The molecule has 2 amide bonds. The second kappa shape index (κ2) is 11.3. The Kier molecular flexibility index (Phi) is 8.26. The van der Waals surface area contributed by atoms with Crippen molar-refractivity contribution in [1.29, 1.82) is 0 Å². The number of methoxy groups -OCH3 is 1. The van der Waals surface area contributed by atoms with E-state index in [4.69, 9.17) is 9.47 Å². The van der Waals surface area contributed by atoms with E-state index in [1.807, 2.05) is 19.1 Å². The van der Waals surface area contributed by atoms with E-state index in [2.05, 4.69) is 16.9 Å². The molecule has 1 heterocycles. The maximum Gasteiger partial charge on any atom is 0.339 e. The number of hydrogen-bond acceptors (Lipinski definition) is 7. The largest absolute Gasteiger partial charge is 0.494 e. The highest BCUT2D eigenvalue weighted by molar-refractivity contribution is 8.15. The first kappa shape index (κ1) is 24.1. The van der Waals surface area contributed by atoms with Crippen LogP contribution in [0.1, 0.15) is 23.7 Å². The van der Waals surface area contributed by atoms with Gasteiger partial charge >= 0.3 is 5.97 Å². The number of benzene rings is 2. The molecule has 1 fully saturated rings. The number of amides is 2. The van der Waals surface area contributed by atoms with Gasteiger partial charge in [0, 0.05) is 13.0 Å². The van der Waals surface area contributed by atoms with Crippen LogP contribution in [-0.2, 0) is 14.3 Å². The lowest BCUT2D eigenvalue weighted by Crippen LogP contribution is -2.33. The van der Waals surface area contributed by atoms with Gasteiger partial charge in [-0.2, -0.15) is 0 Å². The third kappa shape index (κ3) is 6.01. The van der Waals surface area contributed by atoms with Crippen molar-refractivity contribution >= 4 is 46.1 Å². The standard InChI is InChI=1S/C24H25N3O5S/c1-4-14-27-22(29)20(33-24(27)25-16-10-12-17(13-11-16)32-5-2)15-21(28)26-19-9-7-6-8-18(19)23(30)31-3/h4,6-13,20H,1,5,14-15H2,2-3H3,(H,26,28). The van der Waals surface area contributed by atoms with E-state index in [1.54, 1.807) is 42.5 Å². The van der Waals surface area contributed by atoms with Crippen molar-refractivity contribution in [2.45, 2.75) is 18.6 Å². The highest BCUT2D eigenvalue weighted by atomic mass is 32.2. The predicted molar refractivity (Wildman–Crippen MR) is 129 cm³/mol. The van der Waals surface area contributed by atoms with Gasteiger partial charge in [-0.1, -0.05) is 30.0 Å². The van der Waals surface area contributed by atoms with Gasteiger partial charge in [-0.05, 0) is 43.3 Å². The molecule has 1 N–H and O–H groups in total. The van der Waals surface area contributed by atoms with Gasteiger partial charge < -0.3 is 14.8 Å². The molecule has 1 saturated heterocycles. The molecule has 2 aromatic rings. The van der Waals surface area contributed by atoms with Crippen molar-refractivity contribution < 1.29 is 23.9 Å². The second-order valence-electron chi connectivity index (χ2n) is 6.95. The number of para-hydroxylation sites is 1. The van der Waals surface area contributed by atoms with E-state index in [0.717, 1.165) is 5.75 Å². The van der Waals surface area contributed by atoms with Crippen LogP contribution >= 0.6 is 11.8 Å². The molecule has 172 valence electrons. The zero-order chi connectivity index (χ0) is 23.8. The molecule has 0 radical (unpaired) electrons. The van der Waals surface area contributed by atoms with Crippen LogP contribution in [0, 0.1) is 0 Å². The molecule has 2 aromatic carbocycles. The summed E-state index contributed by atoms with van der Waals surface area (Å²) >= 11 is 1.22. The second-order valence-corrected chi connectivity index (χ2v) is 8.12. The zero-order valence-corrected chi connectivity index (χ0v) is 19.3. The third-order valence-corrected chi connectivity index (χ3v) is 5.86. The summed E-state index contributed by atoms with van der Waals surface area (Å²) in [4.78, 5) is 43.7. The first-order valence-electron chi connectivity index (χ1n) is 10.3. The molecule has 0 aromatic heterocycles. The molecule has 0 aliphatic carbocycles. The summed E-state index contributed by atoms with van der Waals surface area (Å²) in [7, 11) is 1.27. The van der Waals surface area contributed by atoms with Crippen LogP contribution in [-0.4, -0.2) is 53.4 Å². The topological polar surface area (TPSA) is 97.3 Å². The SMILES string of the molecule is C=CCN1C(=O)C(CC(=O)Nc2ccccc2C(=O)OC)SC1=Nc1ccc(OCC)cc1. The van der Waals surface area contributed by atoms with Crippen LogP contribution in [0.15, 0.2) is 66.2 Å². The number of ether oxygens (including phenoxy) is 2. The van der Waals surface area contributed by atoms with Gasteiger partial charge in [0.2, 0.25) is 11.8 Å². The summed E-state index contributed by atoms with van der Waals surface area (Å²) in [6.45, 7) is 6.47. The highest BCUT2D eigenvalue weighted by Gasteiger charge is 2.38. The number of thioether (sulfide) groups is 1. The van der Waals surface area contributed by atoms with Gasteiger partial charge in [0.25, 0.3) is 0 Å². The fraction of sp³-hybridized carbons (Fsp3) is 0.250. The number of anilines is 1. The van der Waals surface area contributed by atoms with E-state index in [-0.39, 0.29) is 24.4 Å². The van der Waals surface area contributed by atoms with E-state index in [0.29, 0.717) is 23.1 Å². The van der Waals surface area contributed by atoms with Gasteiger partial charge in [0.15, 0.2) is 5.17 Å². The minimum absolute atomic E-state index is 0.0745. The monoisotopic (exact) mass is 467 g/mol. The van der Waals surface area contributed by atoms with E-state index < -0.39 is 17.1 Å². The minimum Gasteiger partial charge on any atom is -0.494 e. The lowest BCUT2D eigenvalue weighted by atomic mass is 10.1. The fourth-order valence-corrected chi connectivity index (χ4v) is 4.33. The smallest absolute Gasteiger partial charge is 0.339 e. The molecular formula is C24H25N3O5S. The molecule has 0 bridgehead atoms. The Morgan fingerprint density at radius 2 is 1.94 bits per heavy atom. The average molecular weight is 468 g/mol. The van der Waals surface area contributed by atoms with Crippen LogP contribution < -0.4 is 10.1 Å². The Labute approximate surface area is 196 Å². The number of rotatable bonds is 9. The number of carbonyl (C=O) groups excluding carboxylic acids is 3. The molecule has 1 atom stereocenters. The number of amidine groups is 1. The zero-order valence-electron chi connectivity index (χ0n) is 18.4. The van der Waals surface area contributed by atoms with E-state index in [1.165, 1.54) is 23.8 Å². The van der Waals surface area contributed by atoms with Crippen molar-refractivity contribution in [3.63, 3.8) is 0 Å². The average Bonchev–Trinajstić information content (AvgIpc) is 3.09. The van der Waals surface area contributed by atoms with Crippen molar-refractivity contribution in [2.75, 3.05) is 25.6 Å². The third-order valence-electron chi connectivity index (χ3n) is 4.68. The Balaban J connectivity index is 1.74. The molecule has 9 heteroatoms. The molecule has 0 saturated carbocycles. The summed E-state index contributed by atoms with van der Waals surface area (Å²) in [6, 6.07) is 13.8. The Morgan fingerprint density at radius 3 is 2.61 bits per heavy atom. The number of hydrogen-bond donors (Lipinski definition) is 1. The maximum absolute atomic E-state index is 12.9. The van der Waals surface area contributed by atoms with Crippen molar-refractivity contribution in [3.8, 4) is 5.75 Å². The van der Waals surface area contributed by atoms with Crippen LogP contribution in [0.25, 0.3) is 0 Å². The van der Waals surface area contributed by atoms with Gasteiger partial charge in [-0.15, -0.1) is 6.58 Å². The Bertz CT molecular complexity index is 1070. The molecule has 1 aliphatic heterocycles. The maximum atomic E-state index is 12.9. The Morgan fingerprint density at radius 1 is 1.21 bits per heavy atom. The number of esters is 1. The van der Waals surface area contributed by atoms with Gasteiger partial charge in [0.05, 0.1) is 30.7 Å². The summed E-state index contributed by atoms with van der Waals surface area (Å²) in [6.07, 6.45) is 1.54. The van der Waals surface area contributed by atoms with Crippen molar-refractivity contribution in [1.82, 2.24) is 4.90 Å². The molecule has 3 rings (SSSR count). The van der Waals surface area contributed by atoms with E-state index >= 15 is 0 Å². The quantitative estimate of drug-likeness (QED) is 0.442. The highest BCUT2D eigenvalue weighted by Crippen LogP contribution is 2.32. The molecular weight excluding hydrogens is 442 g/mol. The summed E-state index contributed by atoms with van der Waals surface area (Å²) in [5.74, 6) is -0.431. The van der Waals surface area contributed by atoms with Gasteiger partial charge in [-0.25, -0.2) is 9.79 Å². The van der Waals surface area contributed by atoms with Crippen molar-refractivity contribution in [3.05, 3.63) is 66.7 Å². The summed E-state index contributed by atoms with van der Waals surface area (Å²) in [5, 5.41) is 2.56. The van der Waals surface area contributed by atoms with Crippen LogP contribution in [0.2, 0.25) is 0 Å². The molecule has 8 nitrogen and oxygen atoms in total. The fourth-order valence-electron chi connectivity index (χ4n) is 3.17. The molecule has 33 heavy (non-hydrogen) atoms. The van der Waals surface area contributed by atoms with Crippen LogP contribution in [0.4, 0.5) is 11.4 Å². The first-order valence-corrected chi connectivity index (χ1v) is 11.2. The molecule has 0 spiro atoms. The van der Waals surface area contributed by atoms with Gasteiger partial charge in [-0.3, -0.25) is 14.5 Å². The number of nitrogens with zero attached hydrogens (tertiary/aromatic N) is 2. The number of nitrogens with one attached hydrogen (secondary N) is 1. The predicted octanol–water partition coefficient (Wildman–Crippen LogP) is 4.02. The van der Waals surface area contributed by atoms with Crippen LogP contribution in [0.5, 0.6) is 5.75 Å².